The van der Waals surface area contributed by atoms with Gasteiger partial charge < -0.3 is 29.3 Å². The van der Waals surface area contributed by atoms with E-state index in [1.165, 1.54) is 44.2 Å². The number of ether oxygens (including phenoxy) is 3. The molecule has 2 aromatic carbocycles. The van der Waals surface area contributed by atoms with Gasteiger partial charge in [-0.15, -0.1) is 0 Å². The van der Waals surface area contributed by atoms with Crippen LogP contribution in [0.2, 0.25) is 0 Å². The van der Waals surface area contributed by atoms with Crippen LogP contribution in [0.25, 0.3) is 0 Å². The van der Waals surface area contributed by atoms with E-state index in [2.05, 4.69) is 12.1 Å². The van der Waals surface area contributed by atoms with Crippen molar-refractivity contribution in [1.29, 1.82) is 0 Å². The van der Waals surface area contributed by atoms with Crippen LogP contribution in [0.5, 0.6) is 11.5 Å². The van der Waals surface area contributed by atoms with E-state index in [0.717, 1.165) is 43.6 Å². The molecule has 43 heavy (non-hydrogen) atoms. The summed E-state index contributed by atoms with van der Waals surface area (Å²) in [5.41, 5.74) is 1.73. The van der Waals surface area contributed by atoms with Gasteiger partial charge in [0.25, 0.3) is 0 Å². The lowest BCUT2D eigenvalue weighted by molar-refractivity contribution is -0.145. The first kappa shape index (κ1) is 32.3. The number of hydrogen-bond donors (Lipinski definition) is 2. The van der Waals surface area contributed by atoms with Gasteiger partial charge in [-0.25, -0.2) is 4.79 Å². The molecule has 0 spiro atoms. The molecule has 4 rings (SSSR count). The minimum absolute atomic E-state index is 0.0439. The van der Waals surface area contributed by atoms with Crippen LogP contribution in [0.1, 0.15) is 85.7 Å². The molecule has 0 aromatic heterocycles. The van der Waals surface area contributed by atoms with E-state index >= 15 is 0 Å². The number of unbranched alkanes of at least 4 members (excludes halogenated alkanes) is 1. The zero-order chi connectivity index (χ0) is 30.4. The quantitative estimate of drug-likeness (QED) is 0.235. The van der Waals surface area contributed by atoms with E-state index in [1.54, 1.807) is 11.0 Å². The first-order chi connectivity index (χ1) is 20.9. The second-order valence-electron chi connectivity index (χ2n) is 11.6. The van der Waals surface area contributed by atoms with Crippen LogP contribution >= 0.6 is 0 Å². The van der Waals surface area contributed by atoms with E-state index < -0.39 is 17.9 Å². The van der Waals surface area contributed by atoms with Gasteiger partial charge in [0.2, 0.25) is 5.91 Å². The fourth-order valence-corrected chi connectivity index (χ4v) is 5.76. The Kier molecular flexibility index (Phi) is 12.7. The lowest BCUT2D eigenvalue weighted by Gasteiger charge is -2.31. The molecule has 1 saturated heterocycles. The first-order valence-electron chi connectivity index (χ1n) is 15.7. The van der Waals surface area contributed by atoms with Gasteiger partial charge in [-0.2, -0.15) is 0 Å². The highest BCUT2D eigenvalue weighted by Crippen LogP contribution is 2.25. The van der Waals surface area contributed by atoms with E-state index in [1.807, 2.05) is 12.1 Å². The molecular formula is C34H45NO8. The van der Waals surface area contributed by atoms with Crippen LogP contribution in [-0.2, 0) is 27.2 Å². The van der Waals surface area contributed by atoms with Crippen molar-refractivity contribution in [2.75, 3.05) is 32.9 Å². The number of carboxylic acids is 2. The molecular weight excluding hydrogens is 550 g/mol. The third kappa shape index (κ3) is 10.6. The summed E-state index contributed by atoms with van der Waals surface area (Å²) in [6.45, 7) is 2.55. The molecule has 2 aliphatic rings. The molecule has 1 saturated carbocycles. The van der Waals surface area contributed by atoms with Crippen molar-refractivity contribution in [2.45, 2.75) is 83.2 Å². The van der Waals surface area contributed by atoms with Crippen molar-refractivity contribution < 1.29 is 38.8 Å². The molecule has 0 bridgehead atoms. The monoisotopic (exact) mass is 595 g/mol. The molecule has 1 aliphatic heterocycles. The summed E-state index contributed by atoms with van der Waals surface area (Å²) in [5.74, 6) is -1.46. The van der Waals surface area contributed by atoms with Crippen molar-refractivity contribution in [3.63, 3.8) is 0 Å². The maximum absolute atomic E-state index is 13.0. The third-order valence-electron chi connectivity index (χ3n) is 8.28. The van der Waals surface area contributed by atoms with Crippen LogP contribution in [-0.4, -0.2) is 72.0 Å². The highest BCUT2D eigenvalue weighted by Gasteiger charge is 2.28. The number of carboxylic acid groups (broad SMARTS) is 2. The molecule has 2 N–H and O–H groups in total. The Morgan fingerprint density at radius 3 is 2.30 bits per heavy atom. The van der Waals surface area contributed by atoms with Gasteiger partial charge in [-0.05, 0) is 87.3 Å². The fourth-order valence-electron chi connectivity index (χ4n) is 5.76. The van der Waals surface area contributed by atoms with Gasteiger partial charge in [0.15, 0.2) is 0 Å². The lowest BCUT2D eigenvalue weighted by Crippen LogP contribution is -2.43. The largest absolute Gasteiger partial charge is 0.494 e. The second kappa shape index (κ2) is 16.9. The average molecular weight is 596 g/mol. The van der Waals surface area contributed by atoms with Gasteiger partial charge in [0.1, 0.15) is 11.5 Å². The highest BCUT2D eigenvalue weighted by molar-refractivity contribution is 5.89. The lowest BCUT2D eigenvalue weighted by atomic mass is 9.97. The third-order valence-corrected chi connectivity index (χ3v) is 8.28. The van der Waals surface area contributed by atoms with Gasteiger partial charge in [-0.3, -0.25) is 9.59 Å². The molecule has 0 radical (unpaired) electrons. The number of carbonyl (C=O) groups is 3. The average Bonchev–Trinajstić information content (AvgIpc) is 3.02. The Labute approximate surface area is 254 Å². The number of aryl methyl sites for hydroxylation is 1. The Morgan fingerprint density at radius 2 is 1.56 bits per heavy atom. The molecule has 9 nitrogen and oxygen atoms in total. The van der Waals surface area contributed by atoms with Gasteiger partial charge in [0, 0.05) is 25.3 Å². The molecule has 9 heteroatoms. The van der Waals surface area contributed by atoms with Crippen LogP contribution in [0.4, 0.5) is 0 Å². The first-order valence-corrected chi connectivity index (χ1v) is 15.7. The summed E-state index contributed by atoms with van der Waals surface area (Å²) in [7, 11) is 0. The standard InChI is InChI=1S/C34H45NO8/c36-32(35-18-6-9-27(24-35)34(39)40)23-28-22-26(33(37)38)14-17-31(28)43-21-7-8-25-12-15-30(16-13-25)42-20-5-4-19-41-29-10-2-1-3-11-29/h12-17,22,27,29H,1-11,18-21,23-24H2,(H,37,38)(H,39,40). The Bertz CT molecular complexity index is 1190. The smallest absolute Gasteiger partial charge is 0.335 e. The van der Waals surface area contributed by atoms with Crippen LogP contribution in [0.3, 0.4) is 0 Å². The summed E-state index contributed by atoms with van der Waals surface area (Å²) in [5, 5.41) is 18.8. The highest BCUT2D eigenvalue weighted by atomic mass is 16.5. The summed E-state index contributed by atoms with van der Waals surface area (Å²) >= 11 is 0. The summed E-state index contributed by atoms with van der Waals surface area (Å²) in [6.07, 6.45) is 11.4. The fraction of sp³-hybridized carbons (Fsp3) is 0.559. The zero-order valence-electron chi connectivity index (χ0n) is 25.0. The topological polar surface area (TPSA) is 123 Å². The molecule has 1 aliphatic carbocycles. The van der Waals surface area contributed by atoms with Crippen molar-refractivity contribution in [1.82, 2.24) is 4.90 Å². The van der Waals surface area contributed by atoms with E-state index in [9.17, 15) is 24.6 Å². The molecule has 2 fully saturated rings. The van der Waals surface area contributed by atoms with Crippen molar-refractivity contribution >= 4 is 17.8 Å². The number of amides is 1. The number of nitrogens with zero attached hydrogens (tertiary/aromatic N) is 1. The number of likely N-dealkylation sites (tertiary alicyclic amines) is 1. The normalized spacial score (nSPS) is 17.4. The number of benzene rings is 2. The van der Waals surface area contributed by atoms with E-state index in [0.29, 0.717) is 50.0 Å². The Hall–Kier alpha value is -3.59. The van der Waals surface area contributed by atoms with Crippen LogP contribution in [0, 0.1) is 5.92 Å². The number of carbonyl (C=O) groups excluding carboxylic acids is 1. The van der Waals surface area contributed by atoms with E-state index in [4.69, 9.17) is 14.2 Å². The van der Waals surface area contributed by atoms with Crippen LogP contribution in [0.15, 0.2) is 42.5 Å². The molecule has 1 atom stereocenters. The molecule has 2 aromatic rings. The molecule has 1 heterocycles. The number of aliphatic carboxylic acids is 1. The van der Waals surface area contributed by atoms with E-state index in [-0.39, 0.29) is 24.4 Å². The maximum atomic E-state index is 13.0. The number of hydrogen-bond acceptors (Lipinski definition) is 6. The minimum Gasteiger partial charge on any atom is -0.494 e. The maximum Gasteiger partial charge on any atom is 0.335 e. The van der Waals surface area contributed by atoms with Crippen molar-refractivity contribution in [2.24, 2.45) is 5.92 Å². The SMILES string of the molecule is O=C(O)c1ccc(OCCCc2ccc(OCCCCOC3CCCCC3)cc2)c(CC(=O)N2CCCC(C(=O)O)C2)c1. The zero-order valence-corrected chi connectivity index (χ0v) is 25.0. The molecule has 1 unspecified atom stereocenters. The Balaban J connectivity index is 1.18. The molecule has 234 valence electrons. The predicted molar refractivity (Wildman–Crippen MR) is 162 cm³/mol. The number of rotatable bonds is 16. The van der Waals surface area contributed by atoms with Crippen molar-refractivity contribution in [3.8, 4) is 11.5 Å². The minimum atomic E-state index is -1.08. The summed E-state index contributed by atoms with van der Waals surface area (Å²) in [4.78, 5) is 37.5. The number of piperidine rings is 1. The summed E-state index contributed by atoms with van der Waals surface area (Å²) in [6, 6.07) is 12.6. The second-order valence-corrected chi connectivity index (χ2v) is 11.6. The van der Waals surface area contributed by atoms with Crippen molar-refractivity contribution in [3.05, 3.63) is 59.2 Å². The summed E-state index contributed by atoms with van der Waals surface area (Å²) < 4.78 is 17.9. The van der Waals surface area contributed by atoms with Gasteiger partial charge in [0.05, 0.1) is 37.2 Å². The molecule has 1 amide bonds. The van der Waals surface area contributed by atoms with Crippen LogP contribution < -0.4 is 9.47 Å². The Morgan fingerprint density at radius 1 is 0.814 bits per heavy atom. The number of aromatic carboxylic acids is 1. The predicted octanol–water partition coefficient (Wildman–Crippen LogP) is 5.77. The van der Waals surface area contributed by atoms with Gasteiger partial charge in [-0.1, -0.05) is 31.4 Å². The van der Waals surface area contributed by atoms with Gasteiger partial charge >= 0.3 is 11.9 Å².